The highest BCUT2D eigenvalue weighted by Crippen LogP contribution is 1.96. The summed E-state index contributed by atoms with van der Waals surface area (Å²) in [6.45, 7) is 2.28. The number of rotatable bonds is 4. The van der Waals surface area contributed by atoms with Crippen LogP contribution in [0.4, 0.5) is 0 Å². The van der Waals surface area contributed by atoms with Gasteiger partial charge < -0.3 is 4.74 Å². The summed E-state index contributed by atoms with van der Waals surface area (Å²) in [5, 5.41) is 8.44. The Bertz CT molecular complexity index is 279. The van der Waals surface area contributed by atoms with E-state index in [1.54, 1.807) is 13.1 Å². The lowest BCUT2D eigenvalue weighted by molar-refractivity contribution is 0.104. The van der Waals surface area contributed by atoms with E-state index >= 15 is 0 Å². The van der Waals surface area contributed by atoms with E-state index in [1.165, 1.54) is 0 Å². The van der Waals surface area contributed by atoms with E-state index in [1.807, 2.05) is 24.3 Å². The maximum Gasteiger partial charge on any atom is 0.141 e. The van der Waals surface area contributed by atoms with E-state index in [0.717, 1.165) is 12.1 Å². The highest BCUT2D eigenvalue weighted by atomic mass is 16.5. The first kappa shape index (κ1) is 9.69. The summed E-state index contributed by atoms with van der Waals surface area (Å²) in [7, 11) is 0. The van der Waals surface area contributed by atoms with E-state index in [-0.39, 0.29) is 6.10 Å². The SMILES string of the molecule is CC(C#N)OCCc1ccccn1. The van der Waals surface area contributed by atoms with E-state index in [9.17, 15) is 0 Å². The molecule has 1 heterocycles. The summed E-state index contributed by atoms with van der Waals surface area (Å²) >= 11 is 0. The number of aromatic nitrogens is 1. The fourth-order valence-corrected chi connectivity index (χ4v) is 0.924. The Morgan fingerprint density at radius 1 is 1.62 bits per heavy atom. The van der Waals surface area contributed by atoms with Gasteiger partial charge in [0.2, 0.25) is 0 Å². The maximum atomic E-state index is 8.44. The Morgan fingerprint density at radius 2 is 2.46 bits per heavy atom. The Labute approximate surface area is 78.0 Å². The highest BCUT2D eigenvalue weighted by molar-refractivity contribution is 5.03. The summed E-state index contributed by atoms with van der Waals surface area (Å²) in [6, 6.07) is 7.77. The van der Waals surface area contributed by atoms with Crippen molar-refractivity contribution in [1.82, 2.24) is 4.98 Å². The van der Waals surface area contributed by atoms with E-state index in [2.05, 4.69) is 4.98 Å². The Kier molecular flexibility index (Phi) is 3.94. The summed E-state index contributed by atoms with van der Waals surface area (Å²) in [6.07, 6.45) is 2.18. The number of hydrogen-bond donors (Lipinski definition) is 0. The van der Waals surface area contributed by atoms with E-state index in [4.69, 9.17) is 10.00 Å². The van der Waals surface area contributed by atoms with Gasteiger partial charge in [-0.15, -0.1) is 0 Å². The van der Waals surface area contributed by atoms with Gasteiger partial charge in [0.25, 0.3) is 0 Å². The van der Waals surface area contributed by atoms with E-state index in [0.29, 0.717) is 6.61 Å². The molecule has 0 saturated heterocycles. The molecule has 1 atom stereocenters. The Balaban J connectivity index is 2.25. The van der Waals surface area contributed by atoms with Crippen molar-refractivity contribution in [1.29, 1.82) is 5.26 Å². The lowest BCUT2D eigenvalue weighted by Crippen LogP contribution is -2.08. The van der Waals surface area contributed by atoms with Gasteiger partial charge in [0.1, 0.15) is 6.10 Å². The van der Waals surface area contributed by atoms with Crippen molar-refractivity contribution in [3.05, 3.63) is 30.1 Å². The second kappa shape index (κ2) is 5.28. The molecule has 3 nitrogen and oxygen atoms in total. The van der Waals surface area contributed by atoms with Gasteiger partial charge in [0.15, 0.2) is 0 Å². The molecule has 13 heavy (non-hydrogen) atoms. The molecule has 3 heteroatoms. The van der Waals surface area contributed by atoms with Crippen LogP contribution >= 0.6 is 0 Å². The third kappa shape index (κ3) is 3.68. The van der Waals surface area contributed by atoms with Crippen LogP contribution in [0.15, 0.2) is 24.4 Å². The van der Waals surface area contributed by atoms with Crippen molar-refractivity contribution in [3.8, 4) is 6.07 Å². The lowest BCUT2D eigenvalue weighted by atomic mass is 10.3. The van der Waals surface area contributed by atoms with Crippen molar-refractivity contribution in [3.63, 3.8) is 0 Å². The predicted octanol–water partition coefficient (Wildman–Crippen LogP) is 1.55. The van der Waals surface area contributed by atoms with Crippen LogP contribution in [0.2, 0.25) is 0 Å². The van der Waals surface area contributed by atoms with Crippen molar-refractivity contribution in [2.45, 2.75) is 19.4 Å². The summed E-state index contributed by atoms with van der Waals surface area (Å²) in [4.78, 5) is 4.14. The molecule has 0 fully saturated rings. The third-order valence-electron chi connectivity index (χ3n) is 1.63. The fraction of sp³-hybridized carbons (Fsp3) is 0.400. The zero-order chi connectivity index (χ0) is 9.52. The van der Waals surface area contributed by atoms with Crippen molar-refractivity contribution >= 4 is 0 Å². The molecule has 0 aliphatic heterocycles. The molecule has 0 aliphatic carbocycles. The standard InChI is InChI=1S/C10H12N2O/c1-9(8-11)13-7-5-10-4-2-3-6-12-10/h2-4,6,9H,5,7H2,1H3. The third-order valence-corrected chi connectivity index (χ3v) is 1.63. The number of ether oxygens (including phenoxy) is 1. The van der Waals surface area contributed by atoms with Crippen molar-refractivity contribution in [2.24, 2.45) is 0 Å². The zero-order valence-electron chi connectivity index (χ0n) is 7.60. The zero-order valence-corrected chi connectivity index (χ0v) is 7.60. The van der Waals surface area contributed by atoms with Crippen LogP contribution in [0, 0.1) is 11.3 Å². The minimum atomic E-state index is -0.330. The fourth-order valence-electron chi connectivity index (χ4n) is 0.924. The lowest BCUT2D eigenvalue weighted by Gasteiger charge is -2.04. The van der Waals surface area contributed by atoms with Gasteiger partial charge in [0, 0.05) is 18.3 Å². The van der Waals surface area contributed by atoms with Crippen LogP contribution in [0.5, 0.6) is 0 Å². The number of nitrogens with zero attached hydrogens (tertiary/aromatic N) is 2. The second-order valence-corrected chi connectivity index (χ2v) is 2.71. The second-order valence-electron chi connectivity index (χ2n) is 2.71. The average Bonchev–Trinajstić information content (AvgIpc) is 2.19. The smallest absolute Gasteiger partial charge is 0.141 e. The molecule has 0 N–H and O–H groups in total. The molecule has 0 amide bonds. The van der Waals surface area contributed by atoms with Crippen molar-refractivity contribution < 1.29 is 4.74 Å². The van der Waals surface area contributed by atoms with Gasteiger partial charge in [-0.3, -0.25) is 4.98 Å². The molecular formula is C10H12N2O. The molecule has 1 aromatic rings. The normalized spacial score (nSPS) is 12.0. The first-order valence-electron chi connectivity index (χ1n) is 4.24. The predicted molar refractivity (Wildman–Crippen MR) is 49.0 cm³/mol. The van der Waals surface area contributed by atoms with Crippen LogP contribution in [0.1, 0.15) is 12.6 Å². The quantitative estimate of drug-likeness (QED) is 0.699. The summed E-state index contributed by atoms with van der Waals surface area (Å²) < 4.78 is 5.19. The van der Waals surface area contributed by atoms with Gasteiger partial charge >= 0.3 is 0 Å². The van der Waals surface area contributed by atoms with Crippen LogP contribution in [-0.4, -0.2) is 17.7 Å². The molecule has 1 unspecified atom stereocenters. The van der Waals surface area contributed by atoms with Crippen LogP contribution in [0.3, 0.4) is 0 Å². The first-order valence-corrected chi connectivity index (χ1v) is 4.24. The molecule has 0 radical (unpaired) electrons. The van der Waals surface area contributed by atoms with Crippen LogP contribution in [0.25, 0.3) is 0 Å². The van der Waals surface area contributed by atoms with Gasteiger partial charge in [-0.1, -0.05) is 6.07 Å². The van der Waals surface area contributed by atoms with Crippen molar-refractivity contribution in [2.75, 3.05) is 6.61 Å². The molecule has 1 aromatic heterocycles. The minimum absolute atomic E-state index is 0.330. The number of nitriles is 1. The number of pyridine rings is 1. The van der Waals surface area contributed by atoms with E-state index < -0.39 is 0 Å². The van der Waals surface area contributed by atoms with Gasteiger partial charge in [-0.25, -0.2) is 0 Å². The minimum Gasteiger partial charge on any atom is -0.363 e. The molecule has 0 spiro atoms. The number of hydrogen-bond acceptors (Lipinski definition) is 3. The Hall–Kier alpha value is -1.40. The molecule has 0 saturated carbocycles. The topological polar surface area (TPSA) is 45.9 Å². The monoisotopic (exact) mass is 176 g/mol. The molecule has 0 bridgehead atoms. The van der Waals surface area contributed by atoms with Crippen LogP contribution in [-0.2, 0) is 11.2 Å². The summed E-state index contributed by atoms with van der Waals surface area (Å²) in [5.74, 6) is 0. The largest absolute Gasteiger partial charge is 0.363 e. The Morgan fingerprint density at radius 3 is 3.08 bits per heavy atom. The van der Waals surface area contributed by atoms with Gasteiger partial charge in [-0.05, 0) is 19.1 Å². The van der Waals surface area contributed by atoms with Gasteiger partial charge in [-0.2, -0.15) is 5.26 Å². The van der Waals surface area contributed by atoms with Gasteiger partial charge in [0.05, 0.1) is 12.7 Å². The molecule has 0 aliphatic rings. The summed E-state index contributed by atoms with van der Waals surface area (Å²) in [5.41, 5.74) is 0.993. The molecule has 1 rings (SSSR count). The van der Waals surface area contributed by atoms with Crippen LogP contribution < -0.4 is 0 Å². The molecule has 0 aromatic carbocycles. The first-order chi connectivity index (χ1) is 6.33. The highest BCUT2D eigenvalue weighted by Gasteiger charge is 1.98. The molecular weight excluding hydrogens is 164 g/mol. The molecule has 68 valence electrons. The average molecular weight is 176 g/mol. The maximum absolute atomic E-state index is 8.44.